The topological polar surface area (TPSA) is 15.3 Å². The van der Waals surface area contributed by atoms with E-state index in [0.717, 1.165) is 24.7 Å². The summed E-state index contributed by atoms with van der Waals surface area (Å²) in [5.74, 6) is 0. The number of rotatable bonds is 7. The summed E-state index contributed by atoms with van der Waals surface area (Å²) in [5, 5.41) is 4.27. The molecule has 0 aromatic heterocycles. The first-order valence-corrected chi connectivity index (χ1v) is 7.09. The Labute approximate surface area is 116 Å². The van der Waals surface area contributed by atoms with Crippen LogP contribution >= 0.6 is 11.6 Å². The van der Waals surface area contributed by atoms with Crippen LogP contribution in [-0.4, -0.2) is 30.1 Å². The lowest BCUT2D eigenvalue weighted by atomic mass is 10.2. The zero-order chi connectivity index (χ0) is 13.5. The third-order valence-electron chi connectivity index (χ3n) is 3.12. The molecule has 0 aliphatic carbocycles. The molecule has 0 amide bonds. The van der Waals surface area contributed by atoms with E-state index >= 15 is 0 Å². The summed E-state index contributed by atoms with van der Waals surface area (Å²) in [6, 6.07) is 9.21. The van der Waals surface area contributed by atoms with Crippen LogP contribution in [0.15, 0.2) is 24.3 Å². The molecule has 0 radical (unpaired) electrons. The summed E-state index contributed by atoms with van der Waals surface area (Å²) < 4.78 is 0. The van der Waals surface area contributed by atoms with Crippen LogP contribution in [0.3, 0.4) is 0 Å². The normalized spacial score (nSPS) is 11.8. The summed E-state index contributed by atoms with van der Waals surface area (Å²) in [6.45, 7) is 12.0. The van der Waals surface area contributed by atoms with Crippen molar-refractivity contribution in [3.8, 4) is 0 Å². The molecule has 1 rings (SSSR count). The van der Waals surface area contributed by atoms with Gasteiger partial charge in [0, 0.05) is 36.7 Å². The van der Waals surface area contributed by atoms with Crippen LogP contribution in [0.5, 0.6) is 0 Å². The first-order chi connectivity index (χ1) is 8.50. The van der Waals surface area contributed by atoms with Crippen LogP contribution in [-0.2, 0) is 6.54 Å². The lowest BCUT2D eigenvalue weighted by Crippen LogP contribution is -2.41. The maximum Gasteiger partial charge on any atom is 0.0406 e. The summed E-state index contributed by atoms with van der Waals surface area (Å²) in [4.78, 5) is 2.49. The van der Waals surface area contributed by atoms with Crippen molar-refractivity contribution in [1.82, 2.24) is 10.2 Å². The van der Waals surface area contributed by atoms with Crippen LogP contribution in [0.4, 0.5) is 0 Å². The van der Waals surface area contributed by atoms with Crippen molar-refractivity contribution in [2.24, 2.45) is 0 Å². The highest BCUT2D eigenvalue weighted by molar-refractivity contribution is 6.30. The van der Waals surface area contributed by atoms with Gasteiger partial charge in [-0.25, -0.2) is 0 Å². The molecule has 0 aliphatic heterocycles. The maximum absolute atomic E-state index is 5.86. The minimum atomic E-state index is 0.599. The van der Waals surface area contributed by atoms with E-state index in [1.54, 1.807) is 0 Å². The number of halogens is 1. The molecule has 0 fully saturated rings. The van der Waals surface area contributed by atoms with E-state index < -0.39 is 0 Å². The summed E-state index contributed by atoms with van der Waals surface area (Å²) >= 11 is 5.86. The standard InChI is InChI=1S/C15H25ClN2/c1-12(2)18(13(3)4)10-9-17-11-14-5-7-15(16)8-6-14/h5-8,12-13,17H,9-11H2,1-4H3. The number of hydrogen-bond donors (Lipinski definition) is 1. The second-order valence-electron chi connectivity index (χ2n) is 5.23. The van der Waals surface area contributed by atoms with Crippen molar-refractivity contribution in [3.63, 3.8) is 0 Å². The van der Waals surface area contributed by atoms with Gasteiger partial charge in [-0.2, -0.15) is 0 Å². The van der Waals surface area contributed by atoms with Gasteiger partial charge in [0.25, 0.3) is 0 Å². The molecule has 0 atom stereocenters. The third kappa shape index (κ3) is 5.38. The highest BCUT2D eigenvalue weighted by Gasteiger charge is 2.11. The molecule has 102 valence electrons. The Bertz CT molecular complexity index is 325. The number of nitrogens with one attached hydrogen (secondary N) is 1. The molecule has 1 aromatic carbocycles. The first-order valence-electron chi connectivity index (χ1n) is 6.71. The van der Waals surface area contributed by atoms with Crippen LogP contribution in [0.25, 0.3) is 0 Å². The molecule has 0 spiro atoms. The van der Waals surface area contributed by atoms with E-state index in [1.807, 2.05) is 12.1 Å². The lowest BCUT2D eigenvalue weighted by Gasteiger charge is -2.30. The average Bonchev–Trinajstić information content (AvgIpc) is 2.30. The fourth-order valence-corrected chi connectivity index (χ4v) is 2.28. The Morgan fingerprint density at radius 3 is 2.11 bits per heavy atom. The Hall–Kier alpha value is -0.570. The van der Waals surface area contributed by atoms with E-state index in [9.17, 15) is 0 Å². The largest absolute Gasteiger partial charge is 0.311 e. The van der Waals surface area contributed by atoms with Crippen molar-refractivity contribution in [3.05, 3.63) is 34.9 Å². The fraction of sp³-hybridized carbons (Fsp3) is 0.600. The molecule has 0 aliphatic rings. The monoisotopic (exact) mass is 268 g/mol. The Kier molecular flexibility index (Phi) is 6.69. The van der Waals surface area contributed by atoms with Gasteiger partial charge in [0.15, 0.2) is 0 Å². The molecule has 0 unspecified atom stereocenters. The average molecular weight is 269 g/mol. The van der Waals surface area contributed by atoms with Crippen LogP contribution in [0.2, 0.25) is 5.02 Å². The van der Waals surface area contributed by atoms with Gasteiger partial charge in [-0.15, -0.1) is 0 Å². The molecule has 1 aromatic rings. The lowest BCUT2D eigenvalue weighted by molar-refractivity contribution is 0.176. The quantitative estimate of drug-likeness (QED) is 0.761. The molecule has 1 N–H and O–H groups in total. The second kappa shape index (κ2) is 7.78. The first kappa shape index (κ1) is 15.5. The van der Waals surface area contributed by atoms with Crippen LogP contribution < -0.4 is 5.32 Å². The molecule has 18 heavy (non-hydrogen) atoms. The molecule has 2 nitrogen and oxygen atoms in total. The number of benzene rings is 1. The van der Waals surface area contributed by atoms with Crippen molar-refractivity contribution in [2.75, 3.05) is 13.1 Å². The Morgan fingerprint density at radius 1 is 1.06 bits per heavy atom. The fourth-order valence-electron chi connectivity index (χ4n) is 2.16. The number of nitrogens with zero attached hydrogens (tertiary/aromatic N) is 1. The maximum atomic E-state index is 5.86. The highest BCUT2D eigenvalue weighted by Crippen LogP contribution is 2.09. The van der Waals surface area contributed by atoms with Gasteiger partial charge in [-0.1, -0.05) is 23.7 Å². The van der Waals surface area contributed by atoms with Crippen molar-refractivity contribution in [1.29, 1.82) is 0 Å². The zero-order valence-corrected chi connectivity index (χ0v) is 12.7. The van der Waals surface area contributed by atoms with Crippen LogP contribution in [0.1, 0.15) is 33.3 Å². The second-order valence-corrected chi connectivity index (χ2v) is 5.67. The summed E-state index contributed by atoms with van der Waals surface area (Å²) in [6.07, 6.45) is 0. The smallest absolute Gasteiger partial charge is 0.0406 e. The highest BCUT2D eigenvalue weighted by atomic mass is 35.5. The van der Waals surface area contributed by atoms with Gasteiger partial charge in [0.05, 0.1) is 0 Å². The van der Waals surface area contributed by atoms with Crippen molar-refractivity contribution in [2.45, 2.75) is 46.3 Å². The summed E-state index contributed by atoms with van der Waals surface area (Å²) in [7, 11) is 0. The van der Waals surface area contributed by atoms with Gasteiger partial charge < -0.3 is 5.32 Å². The Balaban J connectivity index is 2.27. The summed E-state index contributed by atoms with van der Waals surface area (Å²) in [5.41, 5.74) is 1.28. The van der Waals surface area contributed by atoms with Gasteiger partial charge in [0.1, 0.15) is 0 Å². The van der Waals surface area contributed by atoms with Crippen LogP contribution in [0, 0.1) is 0 Å². The third-order valence-corrected chi connectivity index (χ3v) is 3.37. The van der Waals surface area contributed by atoms with E-state index in [4.69, 9.17) is 11.6 Å². The van der Waals surface area contributed by atoms with Crippen molar-refractivity contribution < 1.29 is 0 Å². The SMILES string of the molecule is CC(C)N(CCNCc1ccc(Cl)cc1)C(C)C. The van der Waals surface area contributed by atoms with Gasteiger partial charge >= 0.3 is 0 Å². The zero-order valence-electron chi connectivity index (χ0n) is 11.9. The van der Waals surface area contributed by atoms with Gasteiger partial charge in [-0.3, -0.25) is 4.90 Å². The number of hydrogen-bond acceptors (Lipinski definition) is 2. The predicted molar refractivity (Wildman–Crippen MR) is 80.1 cm³/mol. The molecule has 0 saturated heterocycles. The molecular formula is C15H25ClN2. The minimum Gasteiger partial charge on any atom is -0.311 e. The Morgan fingerprint density at radius 2 is 1.61 bits per heavy atom. The molecule has 0 bridgehead atoms. The molecule has 0 saturated carbocycles. The molecular weight excluding hydrogens is 244 g/mol. The van der Waals surface area contributed by atoms with E-state index in [-0.39, 0.29) is 0 Å². The molecule has 0 heterocycles. The van der Waals surface area contributed by atoms with E-state index in [0.29, 0.717) is 12.1 Å². The minimum absolute atomic E-state index is 0.599. The predicted octanol–water partition coefficient (Wildman–Crippen LogP) is 3.55. The van der Waals surface area contributed by atoms with E-state index in [2.05, 4.69) is 50.0 Å². The molecule has 3 heteroatoms. The van der Waals surface area contributed by atoms with Gasteiger partial charge in [-0.05, 0) is 45.4 Å². The van der Waals surface area contributed by atoms with Crippen molar-refractivity contribution >= 4 is 11.6 Å². The van der Waals surface area contributed by atoms with Gasteiger partial charge in [0.2, 0.25) is 0 Å². The van der Waals surface area contributed by atoms with E-state index in [1.165, 1.54) is 5.56 Å².